The van der Waals surface area contributed by atoms with Crippen LogP contribution in [-0.2, 0) is 0 Å². The third-order valence-electron chi connectivity index (χ3n) is 1.40. The minimum Gasteiger partial charge on any atom is -0.388 e. The minimum absolute atomic E-state index is 0.332. The highest BCUT2D eigenvalue weighted by Gasteiger charge is 1.96. The van der Waals surface area contributed by atoms with Crippen LogP contribution in [0.4, 0.5) is 5.69 Å². The van der Waals surface area contributed by atoms with Crippen molar-refractivity contribution in [2.24, 2.45) is 5.73 Å². The summed E-state index contributed by atoms with van der Waals surface area (Å²) in [7, 11) is 0. The number of thiocarbonyl (C=S) groups is 1. The Morgan fingerprint density at radius 3 is 2.83 bits per heavy atom. The molecule has 0 radical (unpaired) electrons. The molecule has 4 heteroatoms. The van der Waals surface area contributed by atoms with Crippen LogP contribution in [0, 0.1) is 0 Å². The summed E-state index contributed by atoms with van der Waals surface area (Å²) < 4.78 is 0. The van der Waals surface area contributed by atoms with Crippen molar-refractivity contribution in [1.29, 1.82) is 0 Å². The first kappa shape index (κ1) is 8.93. The molecule has 0 atom stereocenters. The molecular weight excluding hydrogens is 170 g/mol. The molecule has 0 aliphatic carbocycles. The van der Waals surface area contributed by atoms with Crippen LogP contribution in [0.1, 0.15) is 12.6 Å². The monoisotopic (exact) mass is 181 g/mol. The number of pyridine rings is 1. The maximum absolute atomic E-state index is 5.39. The van der Waals surface area contributed by atoms with E-state index in [4.69, 9.17) is 18.0 Å². The molecule has 0 fully saturated rings. The summed E-state index contributed by atoms with van der Waals surface area (Å²) >= 11 is 4.76. The zero-order valence-electron chi connectivity index (χ0n) is 6.87. The van der Waals surface area contributed by atoms with E-state index in [-0.39, 0.29) is 0 Å². The van der Waals surface area contributed by atoms with Crippen molar-refractivity contribution in [2.45, 2.75) is 6.92 Å². The van der Waals surface area contributed by atoms with E-state index in [2.05, 4.69) is 10.3 Å². The van der Waals surface area contributed by atoms with Gasteiger partial charge >= 0.3 is 0 Å². The number of nitrogens with zero attached hydrogens (tertiary/aromatic N) is 1. The van der Waals surface area contributed by atoms with Gasteiger partial charge in [0, 0.05) is 6.54 Å². The summed E-state index contributed by atoms with van der Waals surface area (Å²) in [6.45, 7) is 2.91. The Hall–Kier alpha value is -1.16. The van der Waals surface area contributed by atoms with Gasteiger partial charge in [0.25, 0.3) is 0 Å². The van der Waals surface area contributed by atoms with Crippen LogP contribution >= 0.6 is 12.2 Å². The fourth-order valence-corrected chi connectivity index (χ4v) is 0.969. The van der Waals surface area contributed by atoms with E-state index < -0.39 is 0 Å². The summed E-state index contributed by atoms with van der Waals surface area (Å²) in [5, 5.41) is 3.13. The van der Waals surface area contributed by atoms with Crippen LogP contribution in [0.15, 0.2) is 18.3 Å². The average molecular weight is 181 g/mol. The number of rotatable bonds is 3. The Morgan fingerprint density at radius 1 is 1.67 bits per heavy atom. The molecule has 0 saturated carbocycles. The normalized spacial score (nSPS) is 9.42. The highest BCUT2D eigenvalue weighted by atomic mass is 32.1. The van der Waals surface area contributed by atoms with Crippen LogP contribution in [0.5, 0.6) is 0 Å². The lowest BCUT2D eigenvalue weighted by molar-refractivity contribution is 1.19. The zero-order chi connectivity index (χ0) is 8.97. The fraction of sp³-hybridized carbons (Fsp3) is 0.250. The summed E-state index contributed by atoms with van der Waals surface area (Å²) in [6.07, 6.45) is 1.72. The first-order valence-electron chi connectivity index (χ1n) is 3.73. The fourth-order valence-electron chi connectivity index (χ4n) is 0.848. The van der Waals surface area contributed by atoms with Gasteiger partial charge in [0.15, 0.2) is 0 Å². The summed E-state index contributed by atoms with van der Waals surface area (Å²) in [5.41, 5.74) is 7.03. The molecule has 0 aliphatic heterocycles. The van der Waals surface area contributed by atoms with E-state index in [1.807, 2.05) is 13.0 Å². The van der Waals surface area contributed by atoms with Crippen molar-refractivity contribution < 1.29 is 0 Å². The lowest BCUT2D eigenvalue weighted by atomic mass is 10.3. The van der Waals surface area contributed by atoms with Gasteiger partial charge < -0.3 is 11.1 Å². The highest BCUT2D eigenvalue weighted by molar-refractivity contribution is 7.80. The molecule has 1 rings (SSSR count). The molecule has 1 aromatic rings. The van der Waals surface area contributed by atoms with Crippen molar-refractivity contribution in [1.82, 2.24) is 4.98 Å². The average Bonchev–Trinajstić information content (AvgIpc) is 2.06. The van der Waals surface area contributed by atoms with Crippen molar-refractivity contribution in [3.05, 3.63) is 24.0 Å². The summed E-state index contributed by atoms with van der Waals surface area (Å²) in [6, 6.07) is 3.71. The van der Waals surface area contributed by atoms with E-state index in [1.54, 1.807) is 12.3 Å². The van der Waals surface area contributed by atoms with E-state index in [0.29, 0.717) is 10.7 Å². The van der Waals surface area contributed by atoms with E-state index in [9.17, 15) is 0 Å². The topological polar surface area (TPSA) is 50.9 Å². The molecule has 0 amide bonds. The molecule has 3 nitrogen and oxygen atoms in total. The SMILES string of the molecule is CCNc1ccc(C(N)=S)nc1. The Kier molecular flexibility index (Phi) is 2.99. The molecule has 0 bridgehead atoms. The number of anilines is 1. The molecule has 3 N–H and O–H groups in total. The third-order valence-corrected chi connectivity index (χ3v) is 1.61. The summed E-state index contributed by atoms with van der Waals surface area (Å²) in [4.78, 5) is 4.40. The van der Waals surface area contributed by atoms with Gasteiger partial charge in [-0.1, -0.05) is 12.2 Å². The first-order valence-corrected chi connectivity index (χ1v) is 4.14. The van der Waals surface area contributed by atoms with E-state index in [0.717, 1.165) is 12.2 Å². The van der Waals surface area contributed by atoms with E-state index >= 15 is 0 Å². The van der Waals surface area contributed by atoms with Gasteiger partial charge in [-0.2, -0.15) is 0 Å². The molecular formula is C8H11N3S. The molecule has 0 unspecified atom stereocenters. The Balaban J connectivity index is 2.78. The van der Waals surface area contributed by atoms with Crippen LogP contribution in [-0.4, -0.2) is 16.5 Å². The standard InChI is InChI=1S/C8H11N3S/c1-2-10-6-3-4-7(8(9)12)11-5-6/h3-5,10H,2H2,1H3,(H2,9,12). The van der Waals surface area contributed by atoms with Gasteiger partial charge in [-0.3, -0.25) is 4.98 Å². The second-order valence-corrected chi connectivity index (χ2v) is 2.77. The van der Waals surface area contributed by atoms with Gasteiger partial charge in [-0.15, -0.1) is 0 Å². The molecule has 0 aromatic carbocycles. The smallest absolute Gasteiger partial charge is 0.122 e. The Bertz CT molecular complexity index is 268. The maximum atomic E-state index is 5.39. The second kappa shape index (κ2) is 4.01. The largest absolute Gasteiger partial charge is 0.388 e. The lowest BCUT2D eigenvalue weighted by Crippen LogP contribution is -2.11. The lowest BCUT2D eigenvalue weighted by Gasteiger charge is -2.02. The number of aromatic nitrogens is 1. The molecule has 0 spiro atoms. The third kappa shape index (κ3) is 2.17. The van der Waals surface area contributed by atoms with Crippen LogP contribution in [0.3, 0.4) is 0 Å². The molecule has 1 heterocycles. The molecule has 1 aromatic heterocycles. The van der Waals surface area contributed by atoms with Crippen molar-refractivity contribution in [2.75, 3.05) is 11.9 Å². The minimum atomic E-state index is 0.332. The van der Waals surface area contributed by atoms with Gasteiger partial charge in [-0.25, -0.2) is 0 Å². The molecule has 12 heavy (non-hydrogen) atoms. The number of hydrogen-bond donors (Lipinski definition) is 2. The predicted octanol–water partition coefficient (Wildman–Crippen LogP) is 1.15. The van der Waals surface area contributed by atoms with Crippen molar-refractivity contribution in [3.63, 3.8) is 0 Å². The Labute approximate surface area is 77.0 Å². The van der Waals surface area contributed by atoms with Crippen molar-refractivity contribution in [3.8, 4) is 0 Å². The number of nitrogens with one attached hydrogen (secondary N) is 1. The highest BCUT2D eigenvalue weighted by Crippen LogP contribution is 2.04. The van der Waals surface area contributed by atoms with Crippen molar-refractivity contribution >= 4 is 22.9 Å². The zero-order valence-corrected chi connectivity index (χ0v) is 7.69. The van der Waals surface area contributed by atoms with Crippen LogP contribution in [0.25, 0.3) is 0 Å². The van der Waals surface area contributed by atoms with Gasteiger partial charge in [0.2, 0.25) is 0 Å². The molecule has 0 saturated heterocycles. The number of hydrogen-bond acceptors (Lipinski definition) is 3. The Morgan fingerprint density at radius 2 is 2.42 bits per heavy atom. The van der Waals surface area contributed by atoms with Crippen LogP contribution < -0.4 is 11.1 Å². The van der Waals surface area contributed by atoms with Gasteiger partial charge in [-0.05, 0) is 19.1 Å². The van der Waals surface area contributed by atoms with Gasteiger partial charge in [0.1, 0.15) is 4.99 Å². The predicted molar refractivity (Wildman–Crippen MR) is 54.3 cm³/mol. The van der Waals surface area contributed by atoms with Crippen LogP contribution in [0.2, 0.25) is 0 Å². The molecule has 0 aliphatic rings. The number of nitrogens with two attached hydrogens (primary N) is 1. The maximum Gasteiger partial charge on any atom is 0.122 e. The molecule has 64 valence electrons. The second-order valence-electron chi connectivity index (χ2n) is 2.33. The van der Waals surface area contributed by atoms with Gasteiger partial charge in [0.05, 0.1) is 17.6 Å². The summed E-state index contributed by atoms with van der Waals surface area (Å²) in [5.74, 6) is 0. The quantitative estimate of drug-likeness (QED) is 0.687. The van der Waals surface area contributed by atoms with E-state index in [1.165, 1.54) is 0 Å². The first-order chi connectivity index (χ1) is 5.74.